The van der Waals surface area contributed by atoms with Crippen LogP contribution < -0.4 is 10.2 Å². The van der Waals surface area contributed by atoms with Crippen molar-refractivity contribution in [3.05, 3.63) is 43.1 Å². The number of imidazole rings is 1. The Bertz CT molecular complexity index is 1040. The van der Waals surface area contributed by atoms with Crippen LogP contribution in [0, 0.1) is 0 Å². The maximum absolute atomic E-state index is 15.0. The summed E-state index contributed by atoms with van der Waals surface area (Å²) in [5.74, 6) is 0.887. The Balaban J connectivity index is 1.37. The van der Waals surface area contributed by atoms with Gasteiger partial charge in [-0.05, 0) is 38.3 Å². The van der Waals surface area contributed by atoms with Crippen LogP contribution in [-0.4, -0.2) is 60.7 Å². The average molecular weight is 409 g/mol. The lowest BCUT2D eigenvalue weighted by Gasteiger charge is -2.43. The van der Waals surface area contributed by atoms with E-state index in [1.165, 1.54) is 0 Å². The summed E-state index contributed by atoms with van der Waals surface area (Å²) < 4.78 is 16.8. The van der Waals surface area contributed by atoms with Gasteiger partial charge in [-0.15, -0.1) is 10.2 Å². The van der Waals surface area contributed by atoms with Crippen molar-refractivity contribution in [3.8, 4) is 22.8 Å². The monoisotopic (exact) mass is 409 g/mol. The van der Waals surface area contributed by atoms with Gasteiger partial charge in [-0.25, -0.2) is 14.4 Å². The van der Waals surface area contributed by atoms with Crippen molar-refractivity contribution in [2.45, 2.75) is 50.0 Å². The van der Waals surface area contributed by atoms with Crippen molar-refractivity contribution >= 4 is 5.82 Å². The van der Waals surface area contributed by atoms with E-state index in [1.807, 2.05) is 18.0 Å². The third kappa shape index (κ3) is 3.19. The molecule has 2 aliphatic heterocycles. The van der Waals surface area contributed by atoms with Gasteiger partial charge < -0.3 is 19.9 Å². The van der Waals surface area contributed by atoms with E-state index in [0.29, 0.717) is 23.6 Å². The lowest BCUT2D eigenvalue weighted by Crippen LogP contribution is -2.60. The molecule has 4 heterocycles. The molecule has 0 saturated carbocycles. The van der Waals surface area contributed by atoms with E-state index in [2.05, 4.69) is 32.4 Å². The molecule has 0 unspecified atom stereocenters. The molecule has 9 heteroatoms. The summed E-state index contributed by atoms with van der Waals surface area (Å²) in [5.41, 5.74) is 1.23. The van der Waals surface area contributed by atoms with Gasteiger partial charge in [0.15, 0.2) is 11.6 Å². The normalized spacial score (nSPS) is 27.9. The van der Waals surface area contributed by atoms with Crippen molar-refractivity contribution in [2.75, 3.05) is 11.9 Å². The Morgan fingerprint density at radius 2 is 2.20 bits per heavy atom. The number of hydrogen-bond acceptors (Lipinski definition) is 7. The predicted octanol–water partition coefficient (Wildman–Crippen LogP) is 2.49. The third-order valence-electron chi connectivity index (χ3n) is 6.39. The number of rotatable bonds is 4. The fourth-order valence-electron chi connectivity index (χ4n) is 4.66. The van der Waals surface area contributed by atoms with Crippen LogP contribution in [0.15, 0.2) is 43.1 Å². The molecule has 0 spiro atoms. The first-order valence-electron chi connectivity index (χ1n) is 10.1. The van der Waals surface area contributed by atoms with Crippen LogP contribution in [0.2, 0.25) is 0 Å². The summed E-state index contributed by atoms with van der Waals surface area (Å²) in [6, 6.07) is 4.84. The van der Waals surface area contributed by atoms with Crippen LogP contribution in [0.25, 0.3) is 17.1 Å². The quantitative estimate of drug-likeness (QED) is 0.684. The third-order valence-corrected chi connectivity index (χ3v) is 6.39. The fraction of sp³-hybridized carbons (Fsp3) is 0.429. The summed E-state index contributed by atoms with van der Waals surface area (Å²) in [5, 5.41) is 22.3. The van der Waals surface area contributed by atoms with E-state index in [0.717, 1.165) is 18.5 Å². The summed E-state index contributed by atoms with van der Waals surface area (Å²) >= 11 is 0. The molecular weight excluding hydrogens is 385 g/mol. The van der Waals surface area contributed by atoms with E-state index >= 15 is 0 Å². The van der Waals surface area contributed by atoms with Crippen molar-refractivity contribution in [2.24, 2.45) is 0 Å². The first kappa shape index (κ1) is 18.9. The number of alkyl halides is 1. The highest BCUT2D eigenvalue weighted by molar-refractivity contribution is 5.66. The zero-order chi connectivity index (χ0) is 20.9. The highest BCUT2D eigenvalue weighted by Crippen LogP contribution is 2.39. The predicted molar refractivity (Wildman–Crippen MR) is 110 cm³/mol. The van der Waals surface area contributed by atoms with E-state index in [-0.39, 0.29) is 23.4 Å². The molecule has 156 valence electrons. The number of halogens is 1. The number of aromatic hydroxyl groups is 1. The van der Waals surface area contributed by atoms with Crippen LogP contribution in [0.3, 0.4) is 0 Å². The number of hydrogen-bond donors (Lipinski definition) is 2. The smallest absolute Gasteiger partial charge is 0.185 e. The van der Waals surface area contributed by atoms with Gasteiger partial charge in [-0.3, -0.25) is 0 Å². The van der Waals surface area contributed by atoms with Crippen molar-refractivity contribution in [1.82, 2.24) is 30.0 Å². The van der Waals surface area contributed by atoms with E-state index in [4.69, 9.17) is 0 Å². The molecule has 0 amide bonds. The first-order valence-corrected chi connectivity index (χ1v) is 10.1. The fourth-order valence-corrected chi connectivity index (χ4v) is 4.66. The Kier molecular flexibility index (Phi) is 4.43. The van der Waals surface area contributed by atoms with Crippen LogP contribution in [0.1, 0.15) is 26.2 Å². The molecule has 4 atom stereocenters. The minimum Gasteiger partial charge on any atom is -0.507 e. The molecule has 3 aromatic rings. The van der Waals surface area contributed by atoms with Crippen LogP contribution in [0.5, 0.6) is 5.75 Å². The topological polar surface area (TPSA) is 92.0 Å². The molecule has 0 aliphatic carbocycles. The molecule has 0 radical (unpaired) electrons. The van der Waals surface area contributed by atoms with Crippen LogP contribution in [0.4, 0.5) is 10.2 Å². The molecule has 2 aliphatic rings. The SMILES string of the molecule is CN(c1cnc(-c2ccc(-n3ccnc3)cc2O)nn1)[C@H]1C[C@]2(C)CC[C@@H](N2)[C@H]1F. The lowest BCUT2D eigenvalue weighted by atomic mass is 9.87. The van der Waals surface area contributed by atoms with E-state index < -0.39 is 6.17 Å². The summed E-state index contributed by atoms with van der Waals surface area (Å²) in [4.78, 5) is 10.2. The largest absolute Gasteiger partial charge is 0.507 e. The molecule has 2 fully saturated rings. The summed E-state index contributed by atoms with van der Waals surface area (Å²) in [7, 11) is 1.84. The molecule has 30 heavy (non-hydrogen) atoms. The minimum atomic E-state index is -0.966. The summed E-state index contributed by atoms with van der Waals surface area (Å²) in [6.07, 6.45) is 8.30. The van der Waals surface area contributed by atoms with Gasteiger partial charge in [-0.2, -0.15) is 0 Å². The number of phenols is 1. The lowest BCUT2D eigenvalue weighted by molar-refractivity contribution is 0.144. The molecule has 2 N–H and O–H groups in total. The Labute approximate surface area is 173 Å². The van der Waals surface area contributed by atoms with Gasteiger partial charge >= 0.3 is 0 Å². The molecule has 1 aromatic carbocycles. The number of fused-ring (bicyclic) bond motifs is 2. The van der Waals surface area contributed by atoms with Crippen molar-refractivity contribution in [3.63, 3.8) is 0 Å². The highest BCUT2D eigenvalue weighted by atomic mass is 19.1. The number of nitrogens with zero attached hydrogens (tertiary/aromatic N) is 6. The Morgan fingerprint density at radius 1 is 1.33 bits per heavy atom. The second-order valence-corrected chi connectivity index (χ2v) is 8.49. The van der Waals surface area contributed by atoms with Gasteiger partial charge in [0.2, 0.25) is 0 Å². The number of anilines is 1. The molecule has 8 nitrogen and oxygen atoms in total. The first-order chi connectivity index (χ1) is 14.4. The van der Waals surface area contributed by atoms with Gasteiger partial charge in [0.25, 0.3) is 0 Å². The van der Waals surface area contributed by atoms with Crippen molar-refractivity contribution in [1.29, 1.82) is 0 Å². The van der Waals surface area contributed by atoms with Crippen molar-refractivity contribution < 1.29 is 9.50 Å². The standard InChI is InChI=1S/C21H24FN7O/c1-21-6-5-15(25-21)19(22)16(10-21)28(2)18-11-24-20(27-26-18)14-4-3-13(9-17(14)30)29-8-7-23-12-29/h3-4,7-9,11-12,15-16,19,25,30H,5-6,10H2,1-2H3/t15-,16+,19-,21+/m1/s1. The van der Waals surface area contributed by atoms with Gasteiger partial charge in [0.05, 0.1) is 29.8 Å². The molecular formula is C21H24FN7O. The molecule has 2 saturated heterocycles. The Morgan fingerprint density at radius 3 is 2.90 bits per heavy atom. The number of piperidine rings is 1. The molecule has 5 rings (SSSR count). The zero-order valence-corrected chi connectivity index (χ0v) is 16.9. The van der Waals surface area contributed by atoms with E-state index in [9.17, 15) is 9.50 Å². The van der Waals surface area contributed by atoms with Crippen LogP contribution in [-0.2, 0) is 0 Å². The molecule has 2 bridgehead atoms. The highest BCUT2D eigenvalue weighted by Gasteiger charge is 2.49. The number of aromatic nitrogens is 5. The average Bonchev–Trinajstić information content (AvgIpc) is 3.39. The number of phenolic OH excluding ortho intramolecular Hbond substituents is 1. The van der Waals surface area contributed by atoms with Gasteiger partial charge in [-0.1, -0.05) is 0 Å². The van der Waals surface area contributed by atoms with Crippen LogP contribution >= 0.6 is 0 Å². The second-order valence-electron chi connectivity index (χ2n) is 8.49. The molecule has 2 aromatic heterocycles. The maximum atomic E-state index is 15.0. The summed E-state index contributed by atoms with van der Waals surface area (Å²) in [6.45, 7) is 2.16. The maximum Gasteiger partial charge on any atom is 0.185 e. The number of benzene rings is 1. The second kappa shape index (κ2) is 7.02. The van der Waals surface area contributed by atoms with Gasteiger partial charge in [0.1, 0.15) is 11.9 Å². The number of nitrogens with one attached hydrogen (secondary N) is 1. The van der Waals surface area contributed by atoms with Gasteiger partial charge in [0, 0.05) is 37.1 Å². The van der Waals surface area contributed by atoms with E-state index in [1.54, 1.807) is 41.6 Å². The zero-order valence-electron chi connectivity index (χ0n) is 16.9. The minimum absolute atomic E-state index is 0.0320. The Hall–Kier alpha value is -3.07.